The van der Waals surface area contributed by atoms with Crippen molar-refractivity contribution >= 4 is 11.6 Å². The van der Waals surface area contributed by atoms with Crippen LogP contribution in [0.2, 0.25) is 0 Å². The van der Waals surface area contributed by atoms with Crippen LogP contribution in [0, 0.1) is 0 Å². The van der Waals surface area contributed by atoms with Gasteiger partial charge in [-0.2, -0.15) is 13.2 Å². The summed E-state index contributed by atoms with van der Waals surface area (Å²) in [5.41, 5.74) is 2.24. The zero-order valence-electron chi connectivity index (χ0n) is 10.5. The molecule has 6 heteroatoms. The molecule has 2 rings (SSSR count). The third-order valence-corrected chi connectivity index (χ3v) is 3.05. The molecule has 3 nitrogen and oxygen atoms in total. The van der Waals surface area contributed by atoms with Crippen molar-refractivity contribution < 1.29 is 18.0 Å². The monoisotopic (exact) mass is 272 g/mol. The van der Waals surface area contributed by atoms with Crippen molar-refractivity contribution in [3.63, 3.8) is 0 Å². The van der Waals surface area contributed by atoms with Gasteiger partial charge in [-0.15, -0.1) is 0 Å². The van der Waals surface area contributed by atoms with Crippen LogP contribution in [-0.4, -0.2) is 37.1 Å². The van der Waals surface area contributed by atoms with Crippen LogP contribution < -0.4 is 5.32 Å². The van der Waals surface area contributed by atoms with Gasteiger partial charge >= 0.3 is 6.18 Å². The molecular formula is C13H15F3N2O. The highest BCUT2D eigenvalue weighted by Crippen LogP contribution is 2.24. The lowest BCUT2D eigenvalue weighted by Gasteiger charge is -2.21. The minimum Gasteiger partial charge on any atom is -0.385 e. The van der Waals surface area contributed by atoms with E-state index >= 15 is 0 Å². The van der Waals surface area contributed by atoms with Crippen molar-refractivity contribution in [3.05, 3.63) is 29.3 Å². The number of benzene rings is 1. The van der Waals surface area contributed by atoms with Crippen LogP contribution in [0.1, 0.15) is 22.3 Å². The third-order valence-electron chi connectivity index (χ3n) is 3.05. The van der Waals surface area contributed by atoms with Crippen LogP contribution in [0.25, 0.3) is 0 Å². The molecule has 0 aliphatic carbocycles. The van der Waals surface area contributed by atoms with E-state index in [1.807, 2.05) is 0 Å². The molecule has 1 aliphatic heterocycles. The molecule has 19 heavy (non-hydrogen) atoms. The predicted molar refractivity (Wildman–Crippen MR) is 66.3 cm³/mol. The van der Waals surface area contributed by atoms with Gasteiger partial charge in [0.1, 0.15) is 6.54 Å². The quantitative estimate of drug-likeness (QED) is 0.897. The van der Waals surface area contributed by atoms with E-state index in [0.29, 0.717) is 10.5 Å². The Morgan fingerprint density at radius 1 is 1.42 bits per heavy atom. The number of alkyl halides is 3. The molecule has 0 fully saturated rings. The first-order valence-electron chi connectivity index (χ1n) is 6.06. The lowest BCUT2D eigenvalue weighted by Crippen LogP contribution is -2.35. The normalized spacial score (nSPS) is 14.5. The van der Waals surface area contributed by atoms with Crippen molar-refractivity contribution in [1.82, 2.24) is 4.90 Å². The number of carbonyl (C=O) groups excluding carboxylic acids is 1. The molecule has 1 aromatic carbocycles. The molecule has 1 aliphatic rings. The number of amides is 1. The van der Waals surface area contributed by atoms with Gasteiger partial charge in [-0.1, -0.05) is 0 Å². The highest BCUT2D eigenvalue weighted by atomic mass is 19.4. The average molecular weight is 272 g/mol. The fraction of sp³-hybridized carbons (Fsp3) is 0.462. The molecule has 0 spiro atoms. The summed E-state index contributed by atoms with van der Waals surface area (Å²) >= 11 is 0. The number of aryl methyl sites for hydroxylation is 1. The van der Waals surface area contributed by atoms with E-state index in [0.717, 1.165) is 37.7 Å². The molecule has 0 radical (unpaired) electrons. The number of anilines is 1. The van der Waals surface area contributed by atoms with Crippen LogP contribution >= 0.6 is 0 Å². The number of hydrogen-bond donors (Lipinski definition) is 1. The lowest BCUT2D eigenvalue weighted by atomic mass is 10.0. The van der Waals surface area contributed by atoms with E-state index in [1.165, 1.54) is 0 Å². The fourth-order valence-electron chi connectivity index (χ4n) is 2.17. The van der Waals surface area contributed by atoms with Crippen molar-refractivity contribution in [1.29, 1.82) is 0 Å². The Bertz CT molecular complexity index is 485. The van der Waals surface area contributed by atoms with Crippen molar-refractivity contribution in [2.45, 2.75) is 19.0 Å². The van der Waals surface area contributed by atoms with E-state index in [4.69, 9.17) is 0 Å². The van der Waals surface area contributed by atoms with Gasteiger partial charge in [0.25, 0.3) is 5.91 Å². The van der Waals surface area contributed by atoms with Gasteiger partial charge in [-0.3, -0.25) is 4.79 Å². The number of fused-ring (bicyclic) bond motifs is 1. The van der Waals surface area contributed by atoms with Gasteiger partial charge in [0.05, 0.1) is 0 Å². The zero-order valence-corrected chi connectivity index (χ0v) is 10.5. The Morgan fingerprint density at radius 3 is 2.84 bits per heavy atom. The van der Waals surface area contributed by atoms with Crippen LogP contribution in [-0.2, 0) is 6.42 Å². The smallest absolute Gasteiger partial charge is 0.385 e. The minimum atomic E-state index is -4.37. The van der Waals surface area contributed by atoms with Gasteiger partial charge in [-0.25, -0.2) is 0 Å². The van der Waals surface area contributed by atoms with Gasteiger partial charge in [0, 0.05) is 24.8 Å². The Balaban J connectivity index is 2.15. The molecular weight excluding hydrogens is 257 g/mol. The molecule has 1 N–H and O–H groups in total. The van der Waals surface area contributed by atoms with Crippen LogP contribution in [0.15, 0.2) is 18.2 Å². The second-order valence-corrected chi connectivity index (χ2v) is 4.68. The molecule has 0 saturated heterocycles. The van der Waals surface area contributed by atoms with Crippen molar-refractivity contribution in [2.24, 2.45) is 0 Å². The number of nitrogens with zero attached hydrogens (tertiary/aromatic N) is 1. The van der Waals surface area contributed by atoms with Crippen LogP contribution in [0.3, 0.4) is 0 Å². The van der Waals surface area contributed by atoms with Gasteiger partial charge in [0.2, 0.25) is 0 Å². The second kappa shape index (κ2) is 5.11. The Morgan fingerprint density at radius 2 is 2.16 bits per heavy atom. The van der Waals surface area contributed by atoms with Gasteiger partial charge < -0.3 is 10.2 Å². The first-order chi connectivity index (χ1) is 8.87. The van der Waals surface area contributed by atoms with E-state index in [9.17, 15) is 18.0 Å². The summed E-state index contributed by atoms with van der Waals surface area (Å²) in [5.74, 6) is -0.606. The van der Waals surface area contributed by atoms with Crippen molar-refractivity contribution in [2.75, 3.05) is 25.5 Å². The summed E-state index contributed by atoms with van der Waals surface area (Å²) in [4.78, 5) is 12.6. The first kappa shape index (κ1) is 13.7. The topological polar surface area (TPSA) is 32.3 Å². The fourth-order valence-corrected chi connectivity index (χ4v) is 2.17. The van der Waals surface area contributed by atoms with E-state index in [1.54, 1.807) is 18.2 Å². The molecule has 0 saturated carbocycles. The first-order valence-corrected chi connectivity index (χ1v) is 6.06. The maximum Gasteiger partial charge on any atom is 0.406 e. The number of rotatable bonds is 2. The highest BCUT2D eigenvalue weighted by Gasteiger charge is 2.31. The van der Waals surface area contributed by atoms with E-state index in [2.05, 4.69) is 5.32 Å². The van der Waals surface area contributed by atoms with Crippen molar-refractivity contribution in [3.8, 4) is 0 Å². The van der Waals surface area contributed by atoms with E-state index in [-0.39, 0.29) is 0 Å². The Kier molecular flexibility index (Phi) is 3.68. The largest absolute Gasteiger partial charge is 0.406 e. The third kappa shape index (κ3) is 3.39. The van der Waals surface area contributed by atoms with Crippen LogP contribution in [0.4, 0.5) is 18.9 Å². The summed E-state index contributed by atoms with van der Waals surface area (Å²) in [6.45, 7) is -0.352. The molecule has 104 valence electrons. The summed E-state index contributed by atoms with van der Waals surface area (Å²) < 4.78 is 36.8. The Hall–Kier alpha value is -1.72. The lowest BCUT2D eigenvalue weighted by molar-refractivity contribution is -0.138. The zero-order chi connectivity index (χ0) is 14.0. The van der Waals surface area contributed by atoms with E-state index < -0.39 is 18.6 Å². The number of halogens is 3. The Labute approximate surface area is 109 Å². The summed E-state index contributed by atoms with van der Waals surface area (Å²) in [5, 5.41) is 3.19. The standard InChI is InChI=1S/C13H15F3N2O/c1-18(8-13(14,15)16)12(19)10-4-5-11-9(7-10)3-2-6-17-11/h4-5,7,17H,2-3,6,8H2,1H3. The summed E-state index contributed by atoms with van der Waals surface area (Å²) in [7, 11) is 1.16. The number of hydrogen-bond acceptors (Lipinski definition) is 2. The average Bonchev–Trinajstić information content (AvgIpc) is 2.35. The maximum atomic E-state index is 12.3. The molecule has 1 aromatic rings. The second-order valence-electron chi connectivity index (χ2n) is 4.68. The molecule has 1 amide bonds. The van der Waals surface area contributed by atoms with Gasteiger partial charge in [-0.05, 0) is 36.6 Å². The SMILES string of the molecule is CN(CC(F)(F)F)C(=O)c1ccc2c(c1)CCCN2. The van der Waals surface area contributed by atoms with Gasteiger partial charge in [0.15, 0.2) is 0 Å². The highest BCUT2D eigenvalue weighted by molar-refractivity contribution is 5.94. The maximum absolute atomic E-state index is 12.3. The number of nitrogens with one attached hydrogen (secondary N) is 1. The summed E-state index contributed by atoms with van der Waals surface area (Å²) in [6.07, 6.45) is -2.57. The molecule has 0 bridgehead atoms. The number of carbonyl (C=O) groups is 1. The molecule has 0 unspecified atom stereocenters. The molecule has 0 aromatic heterocycles. The summed E-state index contributed by atoms with van der Waals surface area (Å²) in [6, 6.07) is 4.99. The minimum absolute atomic E-state index is 0.300. The molecule has 1 heterocycles. The van der Waals surface area contributed by atoms with Crippen LogP contribution in [0.5, 0.6) is 0 Å². The molecule has 0 atom stereocenters. The predicted octanol–water partition coefficient (Wildman–Crippen LogP) is 2.68.